The molecule has 0 aliphatic heterocycles. The number of aliphatic carboxylic acids is 1. The van der Waals surface area contributed by atoms with Crippen molar-refractivity contribution in [1.29, 1.82) is 0 Å². The van der Waals surface area contributed by atoms with Crippen molar-refractivity contribution in [1.82, 2.24) is 10.6 Å². The lowest BCUT2D eigenvalue weighted by molar-refractivity contribution is -0.140. The van der Waals surface area contributed by atoms with Crippen LogP contribution < -0.4 is 21.7 Å². The average molecular weight is 396 g/mol. The number of thioether (sulfide) groups is 1. The molecule has 9 nitrogen and oxygen atoms in total. The lowest BCUT2D eigenvalue weighted by atomic mass is 10.1. The number of carbonyl (C=O) groups is 4. The molecule has 0 bridgehead atoms. The molecule has 1 aromatic carbocycles. The zero-order valence-corrected chi connectivity index (χ0v) is 15.8. The third kappa shape index (κ3) is 9.06. The zero-order valence-electron chi connectivity index (χ0n) is 14.9. The van der Waals surface area contributed by atoms with Gasteiger partial charge in [0.15, 0.2) is 0 Å². The van der Waals surface area contributed by atoms with Crippen LogP contribution in [0.4, 0.5) is 5.69 Å². The SMILES string of the molecule is CSCC[C@H](N)C(=O)N[C@@H](CC(=O)O)C(=O)NCC(=O)Nc1ccccc1. The van der Waals surface area contributed by atoms with E-state index in [1.54, 1.807) is 30.3 Å². The quantitative estimate of drug-likeness (QED) is 0.347. The molecule has 0 fully saturated rings. The van der Waals surface area contributed by atoms with Gasteiger partial charge in [0.1, 0.15) is 6.04 Å². The van der Waals surface area contributed by atoms with Gasteiger partial charge in [-0.2, -0.15) is 11.8 Å². The first kappa shape index (κ1) is 22.5. The third-order valence-electron chi connectivity index (χ3n) is 3.46. The van der Waals surface area contributed by atoms with E-state index in [0.29, 0.717) is 17.9 Å². The van der Waals surface area contributed by atoms with Crippen molar-refractivity contribution in [3.05, 3.63) is 30.3 Å². The highest BCUT2D eigenvalue weighted by Crippen LogP contribution is 2.04. The standard InChI is InChI=1S/C17H24N4O5S/c1-27-8-7-12(18)16(25)21-13(9-15(23)24)17(26)19-10-14(22)20-11-5-3-2-4-6-11/h2-6,12-13H,7-10,18H2,1H3,(H,19,26)(H,20,22)(H,21,25)(H,23,24)/t12-,13-/m0/s1. The minimum absolute atomic E-state index is 0.363. The fourth-order valence-corrected chi connectivity index (χ4v) is 2.55. The minimum Gasteiger partial charge on any atom is -0.481 e. The van der Waals surface area contributed by atoms with Crippen LogP contribution in [0, 0.1) is 0 Å². The van der Waals surface area contributed by atoms with Crippen LogP contribution in [-0.4, -0.2) is 59.4 Å². The van der Waals surface area contributed by atoms with Crippen molar-refractivity contribution < 1.29 is 24.3 Å². The van der Waals surface area contributed by atoms with E-state index in [1.807, 2.05) is 6.26 Å². The summed E-state index contributed by atoms with van der Waals surface area (Å²) >= 11 is 1.52. The molecule has 10 heteroatoms. The van der Waals surface area contributed by atoms with Crippen LogP contribution in [-0.2, 0) is 19.2 Å². The Kier molecular flexibility index (Phi) is 9.91. The molecule has 1 rings (SSSR count). The smallest absolute Gasteiger partial charge is 0.305 e. The van der Waals surface area contributed by atoms with Gasteiger partial charge in [-0.1, -0.05) is 18.2 Å². The first-order chi connectivity index (χ1) is 12.8. The Labute approximate surface area is 161 Å². The van der Waals surface area contributed by atoms with Crippen LogP contribution in [0.3, 0.4) is 0 Å². The Balaban J connectivity index is 2.57. The highest BCUT2D eigenvalue weighted by Gasteiger charge is 2.26. The number of para-hydroxylation sites is 1. The van der Waals surface area contributed by atoms with Crippen LogP contribution >= 0.6 is 11.8 Å². The topological polar surface area (TPSA) is 151 Å². The highest BCUT2D eigenvalue weighted by molar-refractivity contribution is 7.98. The van der Waals surface area contributed by atoms with Crippen molar-refractivity contribution in [3.63, 3.8) is 0 Å². The Bertz CT molecular complexity index is 656. The number of hydrogen-bond acceptors (Lipinski definition) is 6. The van der Waals surface area contributed by atoms with E-state index in [-0.39, 0.29) is 6.54 Å². The van der Waals surface area contributed by atoms with Gasteiger partial charge in [0.25, 0.3) is 0 Å². The molecule has 0 aliphatic carbocycles. The van der Waals surface area contributed by atoms with Gasteiger partial charge in [-0.05, 0) is 30.6 Å². The van der Waals surface area contributed by atoms with Crippen molar-refractivity contribution in [3.8, 4) is 0 Å². The first-order valence-corrected chi connectivity index (χ1v) is 9.62. The summed E-state index contributed by atoms with van der Waals surface area (Å²) in [4.78, 5) is 47.1. The van der Waals surface area contributed by atoms with Crippen molar-refractivity contribution in [2.75, 3.05) is 23.9 Å². The maximum Gasteiger partial charge on any atom is 0.305 e. The maximum atomic E-state index is 12.2. The Morgan fingerprint density at radius 1 is 1.15 bits per heavy atom. The maximum absolute atomic E-state index is 12.2. The van der Waals surface area contributed by atoms with Crippen LogP contribution in [0.25, 0.3) is 0 Å². The van der Waals surface area contributed by atoms with Gasteiger partial charge in [0.05, 0.1) is 19.0 Å². The molecule has 0 aromatic heterocycles. The Hall–Kier alpha value is -2.59. The van der Waals surface area contributed by atoms with Crippen LogP contribution in [0.5, 0.6) is 0 Å². The molecule has 3 amide bonds. The number of carboxylic acid groups (broad SMARTS) is 1. The molecular formula is C17H24N4O5S. The zero-order chi connectivity index (χ0) is 20.2. The first-order valence-electron chi connectivity index (χ1n) is 8.22. The Morgan fingerprint density at radius 3 is 2.41 bits per heavy atom. The summed E-state index contributed by atoms with van der Waals surface area (Å²) in [5.74, 6) is -2.47. The van der Waals surface area contributed by atoms with Crippen molar-refractivity contribution in [2.45, 2.75) is 24.9 Å². The summed E-state index contributed by atoms with van der Waals surface area (Å²) < 4.78 is 0. The van der Waals surface area contributed by atoms with Gasteiger partial charge >= 0.3 is 5.97 Å². The van der Waals surface area contributed by atoms with Gasteiger partial charge < -0.3 is 26.8 Å². The van der Waals surface area contributed by atoms with E-state index < -0.39 is 42.2 Å². The molecule has 6 N–H and O–H groups in total. The highest BCUT2D eigenvalue weighted by atomic mass is 32.2. The third-order valence-corrected chi connectivity index (χ3v) is 4.11. The summed E-state index contributed by atoms with van der Waals surface area (Å²) in [6.07, 6.45) is 1.65. The number of hydrogen-bond donors (Lipinski definition) is 5. The van der Waals surface area contributed by atoms with Gasteiger partial charge in [-0.3, -0.25) is 19.2 Å². The molecule has 148 valence electrons. The largest absolute Gasteiger partial charge is 0.481 e. The van der Waals surface area contributed by atoms with Gasteiger partial charge in [0, 0.05) is 5.69 Å². The molecule has 0 saturated heterocycles. The fourth-order valence-electron chi connectivity index (χ4n) is 2.06. The molecule has 1 aromatic rings. The molecule has 0 unspecified atom stereocenters. The van der Waals surface area contributed by atoms with Gasteiger partial charge in [0.2, 0.25) is 17.7 Å². The monoisotopic (exact) mass is 396 g/mol. The number of amides is 3. The molecule has 2 atom stereocenters. The summed E-state index contributed by atoms with van der Waals surface area (Å²) in [5, 5.41) is 16.2. The second-order valence-electron chi connectivity index (χ2n) is 5.68. The van der Waals surface area contributed by atoms with E-state index in [9.17, 15) is 19.2 Å². The summed E-state index contributed by atoms with van der Waals surface area (Å²) in [6.45, 7) is -0.363. The average Bonchev–Trinajstić information content (AvgIpc) is 2.63. The van der Waals surface area contributed by atoms with E-state index in [1.165, 1.54) is 11.8 Å². The molecule has 0 heterocycles. The summed E-state index contributed by atoms with van der Waals surface area (Å²) in [7, 11) is 0. The van der Waals surface area contributed by atoms with Crippen molar-refractivity contribution in [2.24, 2.45) is 5.73 Å². The van der Waals surface area contributed by atoms with E-state index in [4.69, 9.17) is 10.8 Å². The van der Waals surface area contributed by atoms with Crippen molar-refractivity contribution >= 4 is 41.1 Å². The van der Waals surface area contributed by atoms with Gasteiger partial charge in [-0.25, -0.2) is 0 Å². The summed E-state index contributed by atoms with van der Waals surface area (Å²) in [6, 6.07) is 6.48. The lowest BCUT2D eigenvalue weighted by Gasteiger charge is -2.19. The lowest BCUT2D eigenvalue weighted by Crippen LogP contribution is -2.53. The predicted molar refractivity (Wildman–Crippen MR) is 103 cm³/mol. The second kappa shape index (κ2) is 11.9. The molecule has 0 radical (unpaired) electrons. The molecule has 0 saturated carbocycles. The normalized spacial score (nSPS) is 12.5. The number of nitrogens with one attached hydrogen (secondary N) is 3. The number of nitrogens with two attached hydrogens (primary N) is 1. The number of benzene rings is 1. The number of anilines is 1. The van der Waals surface area contributed by atoms with Crippen LogP contribution in [0.15, 0.2) is 30.3 Å². The second-order valence-corrected chi connectivity index (χ2v) is 6.66. The fraction of sp³-hybridized carbons (Fsp3) is 0.412. The van der Waals surface area contributed by atoms with E-state index in [0.717, 1.165) is 0 Å². The molecular weight excluding hydrogens is 372 g/mol. The molecule has 27 heavy (non-hydrogen) atoms. The number of rotatable bonds is 11. The van der Waals surface area contributed by atoms with Gasteiger partial charge in [-0.15, -0.1) is 0 Å². The number of carboxylic acids is 1. The van der Waals surface area contributed by atoms with Crippen LogP contribution in [0.2, 0.25) is 0 Å². The minimum atomic E-state index is -1.32. The number of carbonyl (C=O) groups excluding carboxylic acids is 3. The van der Waals surface area contributed by atoms with Crippen LogP contribution in [0.1, 0.15) is 12.8 Å². The summed E-state index contributed by atoms with van der Waals surface area (Å²) in [5.41, 5.74) is 6.28. The molecule has 0 aliphatic rings. The van der Waals surface area contributed by atoms with E-state index >= 15 is 0 Å². The molecule has 0 spiro atoms. The van der Waals surface area contributed by atoms with E-state index in [2.05, 4.69) is 16.0 Å². The predicted octanol–water partition coefficient (Wildman–Crippen LogP) is -0.219. The Morgan fingerprint density at radius 2 is 1.81 bits per heavy atom.